The molecule has 2 aromatic rings. The van der Waals surface area contributed by atoms with Crippen molar-refractivity contribution in [2.75, 3.05) is 18.9 Å². The van der Waals surface area contributed by atoms with E-state index in [-0.39, 0.29) is 33.2 Å². The summed E-state index contributed by atoms with van der Waals surface area (Å²) in [6, 6.07) is 4.61. The predicted octanol–water partition coefficient (Wildman–Crippen LogP) is 4.21. The number of anilines is 1. The first-order valence-electron chi connectivity index (χ1n) is 9.01. The second kappa shape index (κ2) is 8.55. The molecule has 1 fully saturated rings. The molecule has 1 aromatic heterocycles. The minimum absolute atomic E-state index is 0.0363. The van der Waals surface area contributed by atoms with Crippen molar-refractivity contribution in [3.63, 3.8) is 0 Å². The standard InChI is InChI=1S/C20H22Cl2N2O4/c1-11-6-15(12(2)24(11)9-14-4-3-5-27-14)18(25)10-28-20(26)16-7-13(21)8-17(22)19(16)23/h6-8,14H,3-5,9-10,23H2,1-2H3. The van der Waals surface area contributed by atoms with Gasteiger partial charge in [-0.1, -0.05) is 23.2 Å². The third-order valence-electron chi connectivity index (χ3n) is 4.93. The number of hydrogen-bond acceptors (Lipinski definition) is 5. The molecular weight excluding hydrogens is 403 g/mol. The Balaban J connectivity index is 1.69. The fourth-order valence-corrected chi connectivity index (χ4v) is 3.89. The summed E-state index contributed by atoms with van der Waals surface area (Å²) in [7, 11) is 0. The van der Waals surface area contributed by atoms with E-state index in [1.54, 1.807) is 0 Å². The lowest BCUT2D eigenvalue weighted by Crippen LogP contribution is -2.18. The molecule has 28 heavy (non-hydrogen) atoms. The zero-order valence-electron chi connectivity index (χ0n) is 15.8. The van der Waals surface area contributed by atoms with Gasteiger partial charge in [0.1, 0.15) is 0 Å². The molecule has 2 heterocycles. The minimum atomic E-state index is -0.747. The van der Waals surface area contributed by atoms with Crippen LogP contribution in [0.25, 0.3) is 0 Å². The van der Waals surface area contributed by atoms with Gasteiger partial charge in [0.2, 0.25) is 5.78 Å². The van der Waals surface area contributed by atoms with Crippen molar-refractivity contribution >= 4 is 40.6 Å². The van der Waals surface area contributed by atoms with Crippen LogP contribution < -0.4 is 5.73 Å². The molecule has 3 rings (SSSR count). The fraction of sp³-hybridized carbons (Fsp3) is 0.400. The summed E-state index contributed by atoms with van der Waals surface area (Å²) in [5.41, 5.74) is 8.23. The van der Waals surface area contributed by atoms with Gasteiger partial charge in [-0.3, -0.25) is 4.79 Å². The molecule has 0 bridgehead atoms. The number of aromatic nitrogens is 1. The molecule has 1 aromatic carbocycles. The van der Waals surface area contributed by atoms with Gasteiger partial charge in [-0.15, -0.1) is 0 Å². The van der Waals surface area contributed by atoms with Gasteiger partial charge in [0.15, 0.2) is 6.61 Å². The van der Waals surface area contributed by atoms with E-state index in [9.17, 15) is 9.59 Å². The highest BCUT2D eigenvalue weighted by Gasteiger charge is 2.22. The number of ketones is 1. The molecule has 1 saturated heterocycles. The number of carbonyl (C=O) groups is 2. The van der Waals surface area contributed by atoms with Crippen LogP contribution >= 0.6 is 23.2 Å². The summed E-state index contributed by atoms with van der Waals surface area (Å²) in [6.45, 7) is 4.92. The average Bonchev–Trinajstić information content (AvgIpc) is 3.26. The van der Waals surface area contributed by atoms with E-state index in [0.29, 0.717) is 12.1 Å². The van der Waals surface area contributed by atoms with Crippen LogP contribution in [0.5, 0.6) is 0 Å². The Morgan fingerprint density at radius 2 is 2.00 bits per heavy atom. The molecular formula is C20H22Cl2N2O4. The number of esters is 1. The van der Waals surface area contributed by atoms with Crippen LogP contribution in [0.4, 0.5) is 5.69 Å². The maximum atomic E-state index is 12.6. The molecule has 0 spiro atoms. The molecule has 8 heteroatoms. The maximum absolute atomic E-state index is 12.6. The normalized spacial score (nSPS) is 16.4. The highest BCUT2D eigenvalue weighted by Crippen LogP contribution is 2.28. The van der Waals surface area contributed by atoms with E-state index in [1.807, 2.05) is 19.9 Å². The van der Waals surface area contributed by atoms with Gasteiger partial charge in [0.05, 0.1) is 22.4 Å². The molecule has 150 valence electrons. The van der Waals surface area contributed by atoms with Gasteiger partial charge in [-0.25, -0.2) is 4.79 Å². The van der Waals surface area contributed by atoms with Crippen molar-refractivity contribution in [3.05, 3.63) is 50.8 Å². The van der Waals surface area contributed by atoms with Gasteiger partial charge in [-0.2, -0.15) is 0 Å². The number of Topliss-reactive ketones (excluding diaryl/α,β-unsaturated/α-hetero) is 1. The first-order valence-corrected chi connectivity index (χ1v) is 9.76. The third kappa shape index (κ3) is 4.35. The summed E-state index contributed by atoms with van der Waals surface area (Å²) in [5, 5.41) is 0.415. The molecule has 0 amide bonds. The van der Waals surface area contributed by atoms with E-state index in [4.69, 9.17) is 38.4 Å². The summed E-state index contributed by atoms with van der Waals surface area (Å²) < 4.78 is 12.9. The largest absolute Gasteiger partial charge is 0.454 e. The van der Waals surface area contributed by atoms with Crippen molar-refractivity contribution < 1.29 is 19.1 Å². The van der Waals surface area contributed by atoms with Gasteiger partial charge in [-0.05, 0) is 44.9 Å². The first-order chi connectivity index (χ1) is 13.3. The molecule has 6 nitrogen and oxygen atoms in total. The van der Waals surface area contributed by atoms with Crippen LogP contribution in [0.3, 0.4) is 0 Å². The van der Waals surface area contributed by atoms with Crippen LogP contribution in [0.2, 0.25) is 10.0 Å². The Morgan fingerprint density at radius 3 is 2.68 bits per heavy atom. The summed E-state index contributed by atoms with van der Waals surface area (Å²) in [4.78, 5) is 24.9. The number of ether oxygens (including phenoxy) is 2. The van der Waals surface area contributed by atoms with Crippen LogP contribution in [0.1, 0.15) is 44.9 Å². The van der Waals surface area contributed by atoms with Gasteiger partial charge < -0.3 is 19.8 Å². The topological polar surface area (TPSA) is 83.5 Å². The quantitative estimate of drug-likeness (QED) is 0.426. The zero-order chi connectivity index (χ0) is 20.4. The third-order valence-corrected chi connectivity index (χ3v) is 5.46. The van der Waals surface area contributed by atoms with Crippen LogP contribution in [-0.4, -0.2) is 35.6 Å². The van der Waals surface area contributed by atoms with E-state index in [2.05, 4.69) is 4.57 Å². The summed E-state index contributed by atoms with van der Waals surface area (Å²) >= 11 is 11.8. The number of hydrogen-bond donors (Lipinski definition) is 1. The Bertz CT molecular complexity index is 917. The number of aryl methyl sites for hydroxylation is 1. The molecule has 0 radical (unpaired) electrons. The summed E-state index contributed by atoms with van der Waals surface area (Å²) in [5.74, 6) is -1.03. The SMILES string of the molecule is Cc1cc(C(=O)COC(=O)c2cc(Cl)cc(Cl)c2N)c(C)n1CC1CCCO1. The minimum Gasteiger partial charge on any atom is -0.454 e. The van der Waals surface area contributed by atoms with Crippen LogP contribution in [0.15, 0.2) is 18.2 Å². The average molecular weight is 425 g/mol. The first kappa shape index (κ1) is 20.7. The molecule has 0 aliphatic carbocycles. The number of rotatable bonds is 6. The fourth-order valence-electron chi connectivity index (χ4n) is 3.40. The molecule has 0 saturated carbocycles. The Morgan fingerprint density at radius 1 is 1.25 bits per heavy atom. The Hall–Kier alpha value is -2.02. The maximum Gasteiger partial charge on any atom is 0.340 e. The second-order valence-corrected chi connectivity index (χ2v) is 7.72. The van der Waals surface area contributed by atoms with E-state index >= 15 is 0 Å². The highest BCUT2D eigenvalue weighted by atomic mass is 35.5. The van der Waals surface area contributed by atoms with Crippen molar-refractivity contribution in [1.82, 2.24) is 4.57 Å². The number of benzene rings is 1. The van der Waals surface area contributed by atoms with Crippen LogP contribution in [0, 0.1) is 13.8 Å². The van der Waals surface area contributed by atoms with Gasteiger partial charge >= 0.3 is 5.97 Å². The molecule has 1 aliphatic heterocycles. The number of nitrogens with zero attached hydrogens (tertiary/aromatic N) is 1. The second-order valence-electron chi connectivity index (χ2n) is 6.88. The van der Waals surface area contributed by atoms with Crippen molar-refractivity contribution in [2.45, 2.75) is 39.3 Å². The molecule has 1 aliphatic rings. The number of carbonyl (C=O) groups excluding carboxylic acids is 2. The molecule has 2 N–H and O–H groups in total. The van der Waals surface area contributed by atoms with E-state index in [1.165, 1.54) is 12.1 Å². The Labute approximate surface area is 173 Å². The van der Waals surface area contributed by atoms with Crippen molar-refractivity contribution in [2.24, 2.45) is 0 Å². The van der Waals surface area contributed by atoms with Crippen molar-refractivity contribution in [3.8, 4) is 0 Å². The zero-order valence-corrected chi connectivity index (χ0v) is 17.3. The lowest BCUT2D eigenvalue weighted by atomic mass is 10.1. The lowest BCUT2D eigenvalue weighted by molar-refractivity contribution is 0.0475. The van der Waals surface area contributed by atoms with E-state index in [0.717, 1.165) is 30.8 Å². The summed E-state index contributed by atoms with van der Waals surface area (Å²) in [6.07, 6.45) is 2.24. The lowest BCUT2D eigenvalue weighted by Gasteiger charge is -2.14. The number of nitrogens with two attached hydrogens (primary N) is 1. The predicted molar refractivity (Wildman–Crippen MR) is 108 cm³/mol. The van der Waals surface area contributed by atoms with Crippen molar-refractivity contribution in [1.29, 1.82) is 0 Å². The smallest absolute Gasteiger partial charge is 0.340 e. The highest BCUT2D eigenvalue weighted by molar-refractivity contribution is 6.37. The van der Waals surface area contributed by atoms with Gasteiger partial charge in [0, 0.05) is 35.1 Å². The molecule has 1 atom stereocenters. The number of nitrogen functional groups attached to an aromatic ring is 1. The van der Waals surface area contributed by atoms with E-state index < -0.39 is 12.6 Å². The molecule has 1 unspecified atom stereocenters. The van der Waals surface area contributed by atoms with Crippen LogP contribution in [-0.2, 0) is 16.0 Å². The van der Waals surface area contributed by atoms with Gasteiger partial charge in [0.25, 0.3) is 0 Å². The Kier molecular flexibility index (Phi) is 6.33. The number of halogens is 2. The monoisotopic (exact) mass is 424 g/mol.